The van der Waals surface area contributed by atoms with Crippen molar-refractivity contribution in [1.29, 1.82) is 0 Å². The lowest BCUT2D eigenvalue weighted by Crippen LogP contribution is -2.32. The van der Waals surface area contributed by atoms with Crippen LogP contribution < -0.4 is 4.57 Å². The fourth-order valence-corrected chi connectivity index (χ4v) is 4.91. The van der Waals surface area contributed by atoms with Crippen molar-refractivity contribution in [1.82, 2.24) is 0 Å². The number of hydrogen-bond donors (Lipinski definition) is 0. The van der Waals surface area contributed by atoms with Crippen molar-refractivity contribution in [2.75, 3.05) is 0 Å². The highest BCUT2D eigenvalue weighted by Gasteiger charge is 2.00. The molecule has 0 spiro atoms. The van der Waals surface area contributed by atoms with Crippen molar-refractivity contribution in [3.05, 3.63) is 66.0 Å². The summed E-state index contributed by atoms with van der Waals surface area (Å²) in [5.41, 5.74) is 2.15. The average molecular weight is 489 g/mol. The summed E-state index contributed by atoms with van der Waals surface area (Å²) >= 11 is 0. The zero-order chi connectivity index (χ0) is 25.4. The monoisotopic (exact) mass is 488 g/mol. The summed E-state index contributed by atoms with van der Waals surface area (Å²) in [6.07, 6.45) is 33.0. The highest BCUT2D eigenvalue weighted by molar-refractivity contribution is 5.41. The van der Waals surface area contributed by atoms with Crippen LogP contribution in [0.25, 0.3) is 0 Å². The zero-order valence-corrected chi connectivity index (χ0v) is 23.5. The first kappa shape index (κ1) is 30.2. The van der Waals surface area contributed by atoms with Crippen molar-refractivity contribution in [3.63, 3.8) is 0 Å². The average Bonchev–Trinajstić information content (AvgIpc) is 2.92. The molecule has 0 N–H and O–H groups in total. The van der Waals surface area contributed by atoms with Gasteiger partial charge in [-0.1, -0.05) is 153 Å². The van der Waals surface area contributed by atoms with E-state index in [0.29, 0.717) is 0 Å². The lowest BCUT2D eigenvalue weighted by atomic mass is 10.0. The molecule has 0 amide bonds. The summed E-state index contributed by atoms with van der Waals surface area (Å²) in [7, 11) is 0. The van der Waals surface area contributed by atoms with Gasteiger partial charge in [0.2, 0.25) is 0 Å². The fraction of sp³-hybridized carbons (Fsp3) is 0.629. The molecule has 1 heterocycles. The molecule has 1 nitrogen and oxygen atoms in total. The Bertz CT molecular complexity index is 796. The number of unbranched alkanes of at least 4 members (excludes halogenated alkanes) is 19. The van der Waals surface area contributed by atoms with Gasteiger partial charge in [-0.05, 0) is 18.6 Å². The largest absolute Gasteiger partial charge is 0.205 e. The van der Waals surface area contributed by atoms with Crippen molar-refractivity contribution >= 4 is 0 Å². The molecule has 1 heteroatoms. The van der Waals surface area contributed by atoms with E-state index in [1.165, 1.54) is 128 Å². The van der Waals surface area contributed by atoms with E-state index in [1.54, 1.807) is 0 Å². The zero-order valence-electron chi connectivity index (χ0n) is 23.5. The van der Waals surface area contributed by atoms with Crippen LogP contribution in [0.4, 0.5) is 0 Å². The predicted octanol–water partition coefficient (Wildman–Crippen LogP) is 10.2. The van der Waals surface area contributed by atoms with Crippen LogP contribution in [0.2, 0.25) is 0 Å². The second-order valence-corrected chi connectivity index (χ2v) is 10.7. The van der Waals surface area contributed by atoms with Crippen LogP contribution in [0.15, 0.2) is 54.9 Å². The van der Waals surface area contributed by atoms with Crippen LogP contribution >= 0.6 is 0 Å². The van der Waals surface area contributed by atoms with Crippen LogP contribution in [-0.2, 0) is 6.54 Å². The van der Waals surface area contributed by atoms with Crippen LogP contribution in [0.3, 0.4) is 0 Å². The van der Waals surface area contributed by atoms with E-state index in [1.807, 2.05) is 18.2 Å². The minimum atomic E-state index is 1.07. The van der Waals surface area contributed by atoms with Gasteiger partial charge in [-0.3, -0.25) is 0 Å². The smallest absolute Gasteiger partial charge is 0.170 e. The molecule has 1 aromatic heterocycles. The Morgan fingerprint density at radius 2 is 0.806 bits per heavy atom. The minimum Gasteiger partial charge on any atom is -0.205 e. The first-order valence-corrected chi connectivity index (χ1v) is 15.4. The number of aryl methyl sites for hydroxylation is 1. The van der Waals surface area contributed by atoms with Gasteiger partial charge in [0.25, 0.3) is 0 Å². The predicted molar refractivity (Wildman–Crippen MR) is 157 cm³/mol. The van der Waals surface area contributed by atoms with Gasteiger partial charge in [-0.25, -0.2) is 4.57 Å². The van der Waals surface area contributed by atoms with E-state index in [4.69, 9.17) is 0 Å². The molecule has 0 saturated heterocycles. The Labute approximate surface area is 224 Å². The Morgan fingerprint density at radius 1 is 0.444 bits per heavy atom. The quantitative estimate of drug-likeness (QED) is 0.0934. The van der Waals surface area contributed by atoms with Crippen molar-refractivity contribution in [3.8, 4) is 11.8 Å². The summed E-state index contributed by atoms with van der Waals surface area (Å²) in [6, 6.07) is 14.5. The summed E-state index contributed by atoms with van der Waals surface area (Å²) in [6.45, 7) is 3.42. The third-order valence-electron chi connectivity index (χ3n) is 7.29. The molecule has 198 valence electrons. The number of aromatic nitrogens is 1. The molecular weight excluding hydrogens is 434 g/mol. The van der Waals surface area contributed by atoms with Gasteiger partial charge in [0.15, 0.2) is 12.4 Å². The molecule has 2 rings (SSSR count). The van der Waals surface area contributed by atoms with E-state index >= 15 is 0 Å². The van der Waals surface area contributed by atoms with Gasteiger partial charge in [0.05, 0.1) is 0 Å². The van der Waals surface area contributed by atoms with E-state index in [9.17, 15) is 0 Å². The van der Waals surface area contributed by atoms with Crippen molar-refractivity contribution in [2.24, 2.45) is 0 Å². The maximum absolute atomic E-state index is 3.26. The maximum Gasteiger partial charge on any atom is 0.170 e. The summed E-state index contributed by atoms with van der Waals surface area (Å²) in [4.78, 5) is 0. The minimum absolute atomic E-state index is 1.07. The Balaban J connectivity index is 1.32. The number of hydrogen-bond acceptors (Lipinski definition) is 0. The van der Waals surface area contributed by atoms with Crippen LogP contribution in [0, 0.1) is 11.8 Å². The SMILES string of the molecule is CCCCCCCCCCCCCCCCCCCCCC[n+]1ccc(C#Cc2ccccc2)cc1. The molecule has 0 saturated carbocycles. The molecular formula is C35H54N+. The molecule has 0 bridgehead atoms. The number of nitrogens with zero attached hydrogens (tertiary/aromatic N) is 1. The Hall–Kier alpha value is -2.07. The van der Waals surface area contributed by atoms with E-state index in [2.05, 4.69) is 60.0 Å². The third-order valence-corrected chi connectivity index (χ3v) is 7.29. The third kappa shape index (κ3) is 16.6. The normalized spacial score (nSPS) is 10.8. The van der Waals surface area contributed by atoms with Crippen LogP contribution in [0.1, 0.15) is 146 Å². The second-order valence-electron chi connectivity index (χ2n) is 10.7. The molecule has 0 unspecified atom stereocenters. The van der Waals surface area contributed by atoms with Gasteiger partial charge in [0, 0.05) is 29.7 Å². The van der Waals surface area contributed by atoms with Gasteiger partial charge in [-0.15, -0.1) is 0 Å². The van der Waals surface area contributed by atoms with Gasteiger partial charge in [-0.2, -0.15) is 0 Å². The summed E-state index contributed by atoms with van der Waals surface area (Å²) in [5.74, 6) is 6.48. The van der Waals surface area contributed by atoms with E-state index in [0.717, 1.165) is 17.7 Å². The topological polar surface area (TPSA) is 3.88 Å². The maximum atomic E-state index is 3.26. The molecule has 0 radical (unpaired) electrons. The molecule has 2 aromatic rings. The Morgan fingerprint density at radius 3 is 1.22 bits per heavy atom. The standard InChI is InChI=1S/C35H54N/c1-2-3-4-5-6-7-8-9-10-11-12-13-14-15-16-17-18-19-20-24-31-36-32-29-35(30-33-36)28-27-34-25-22-21-23-26-34/h21-23,25-26,29-30,32-33H,2-20,24,31H2,1H3/q+1. The van der Waals surface area contributed by atoms with E-state index in [-0.39, 0.29) is 0 Å². The first-order valence-electron chi connectivity index (χ1n) is 15.4. The molecule has 0 atom stereocenters. The van der Waals surface area contributed by atoms with Gasteiger partial charge < -0.3 is 0 Å². The molecule has 0 fully saturated rings. The van der Waals surface area contributed by atoms with Crippen molar-refractivity contribution < 1.29 is 4.57 Å². The van der Waals surface area contributed by atoms with Crippen molar-refractivity contribution in [2.45, 2.75) is 142 Å². The Kier molecular flexibility index (Phi) is 18.6. The fourth-order valence-electron chi connectivity index (χ4n) is 4.91. The highest BCUT2D eigenvalue weighted by Crippen LogP contribution is 2.14. The molecule has 0 aliphatic heterocycles. The van der Waals surface area contributed by atoms with Crippen LogP contribution in [0.5, 0.6) is 0 Å². The van der Waals surface area contributed by atoms with Crippen LogP contribution in [-0.4, -0.2) is 0 Å². The van der Waals surface area contributed by atoms with E-state index < -0.39 is 0 Å². The molecule has 0 aliphatic rings. The number of rotatable bonds is 21. The lowest BCUT2D eigenvalue weighted by Gasteiger charge is -2.04. The second kappa shape index (κ2) is 22.2. The molecule has 1 aromatic carbocycles. The summed E-state index contributed by atoms with van der Waals surface area (Å²) in [5, 5.41) is 0. The van der Waals surface area contributed by atoms with Gasteiger partial charge in [0.1, 0.15) is 6.54 Å². The summed E-state index contributed by atoms with van der Waals surface area (Å²) < 4.78 is 2.29. The molecule has 0 aliphatic carbocycles. The number of benzene rings is 1. The number of pyridine rings is 1. The lowest BCUT2D eigenvalue weighted by molar-refractivity contribution is -0.697. The van der Waals surface area contributed by atoms with Gasteiger partial charge >= 0.3 is 0 Å². The highest BCUT2D eigenvalue weighted by atomic mass is 14.9. The first-order chi connectivity index (χ1) is 17.9. The molecule has 36 heavy (non-hydrogen) atoms.